The van der Waals surface area contributed by atoms with Crippen molar-refractivity contribution in [3.63, 3.8) is 0 Å². The van der Waals surface area contributed by atoms with E-state index in [9.17, 15) is 4.79 Å². The van der Waals surface area contributed by atoms with Crippen LogP contribution < -0.4 is 5.48 Å². The fraction of sp³-hybridized carbons (Fsp3) is 0.875. The summed E-state index contributed by atoms with van der Waals surface area (Å²) in [5.41, 5.74) is 2.46. The number of rotatable bonds is 4. The third-order valence-electron chi connectivity index (χ3n) is 1.96. The minimum atomic E-state index is -0.0428. The average Bonchev–Trinajstić information content (AvgIpc) is 2.53. The maximum atomic E-state index is 10.9. The number of alkyl halides is 1. The first-order chi connectivity index (χ1) is 5.83. The van der Waals surface area contributed by atoms with Gasteiger partial charge in [0.05, 0.1) is 6.10 Å². The van der Waals surface area contributed by atoms with Crippen molar-refractivity contribution < 1.29 is 9.63 Å². The molecular weight excluding hydrogens is 222 g/mol. The van der Waals surface area contributed by atoms with Crippen molar-refractivity contribution in [2.75, 3.05) is 5.33 Å². The molecule has 0 radical (unpaired) electrons. The first kappa shape index (κ1) is 9.99. The van der Waals surface area contributed by atoms with Crippen LogP contribution in [0.3, 0.4) is 0 Å². The third-order valence-corrected chi connectivity index (χ3v) is 2.36. The molecule has 0 spiro atoms. The second-order valence-electron chi connectivity index (χ2n) is 2.99. The molecule has 0 unspecified atom stereocenters. The Bertz CT molecular complexity index is 146. The lowest BCUT2D eigenvalue weighted by Crippen LogP contribution is -2.28. The first-order valence-electron chi connectivity index (χ1n) is 4.33. The summed E-state index contributed by atoms with van der Waals surface area (Å²) in [6, 6.07) is 0. The molecule has 0 aromatic rings. The molecule has 0 aromatic carbocycles. The van der Waals surface area contributed by atoms with E-state index in [0.29, 0.717) is 11.8 Å². The number of hydrogen-bond donors (Lipinski definition) is 1. The SMILES string of the molecule is O=C(CCBr)NOC1CCCC1. The van der Waals surface area contributed by atoms with Crippen LogP contribution in [-0.2, 0) is 9.63 Å². The average molecular weight is 236 g/mol. The molecule has 1 rings (SSSR count). The Morgan fingerprint density at radius 1 is 1.50 bits per heavy atom. The van der Waals surface area contributed by atoms with Crippen molar-refractivity contribution in [3.8, 4) is 0 Å². The first-order valence-corrected chi connectivity index (χ1v) is 5.45. The fourth-order valence-corrected chi connectivity index (χ4v) is 1.65. The number of carbonyl (C=O) groups excluding carboxylic acids is 1. The van der Waals surface area contributed by atoms with Gasteiger partial charge in [-0.05, 0) is 12.8 Å². The molecule has 0 aromatic heterocycles. The number of hydrogen-bond acceptors (Lipinski definition) is 2. The summed E-state index contributed by atoms with van der Waals surface area (Å²) in [4.78, 5) is 16.1. The molecule has 1 aliphatic carbocycles. The summed E-state index contributed by atoms with van der Waals surface area (Å²) in [7, 11) is 0. The van der Waals surface area contributed by atoms with Gasteiger partial charge in [0.2, 0.25) is 5.91 Å². The fourth-order valence-electron chi connectivity index (χ4n) is 1.29. The van der Waals surface area contributed by atoms with Gasteiger partial charge < -0.3 is 0 Å². The van der Waals surface area contributed by atoms with Gasteiger partial charge in [0.15, 0.2) is 0 Å². The van der Waals surface area contributed by atoms with E-state index >= 15 is 0 Å². The van der Waals surface area contributed by atoms with Crippen LogP contribution >= 0.6 is 15.9 Å². The van der Waals surface area contributed by atoms with Crippen molar-refractivity contribution in [2.24, 2.45) is 0 Å². The van der Waals surface area contributed by atoms with Gasteiger partial charge in [0, 0.05) is 11.8 Å². The molecule has 4 heteroatoms. The van der Waals surface area contributed by atoms with Gasteiger partial charge in [0.1, 0.15) is 0 Å². The predicted octanol–water partition coefficient (Wildman–Crippen LogP) is 1.76. The highest BCUT2D eigenvalue weighted by Crippen LogP contribution is 2.19. The Kier molecular flexibility index (Phi) is 4.61. The molecule has 1 aliphatic rings. The molecule has 3 nitrogen and oxygen atoms in total. The molecule has 1 saturated carbocycles. The van der Waals surface area contributed by atoms with Crippen molar-refractivity contribution in [1.82, 2.24) is 5.48 Å². The molecule has 0 aliphatic heterocycles. The summed E-state index contributed by atoms with van der Waals surface area (Å²) in [5, 5.41) is 0.687. The highest BCUT2D eigenvalue weighted by atomic mass is 79.9. The van der Waals surface area contributed by atoms with Crippen LogP contribution in [0.4, 0.5) is 0 Å². The summed E-state index contributed by atoms with van der Waals surface area (Å²) in [6.07, 6.45) is 5.33. The zero-order valence-corrected chi connectivity index (χ0v) is 8.60. The van der Waals surface area contributed by atoms with Gasteiger partial charge in [0.25, 0.3) is 0 Å². The van der Waals surface area contributed by atoms with Gasteiger partial charge in [-0.15, -0.1) is 0 Å². The zero-order chi connectivity index (χ0) is 8.81. The van der Waals surface area contributed by atoms with Crippen molar-refractivity contribution in [3.05, 3.63) is 0 Å². The van der Waals surface area contributed by atoms with Crippen LogP contribution in [0.15, 0.2) is 0 Å². The highest BCUT2D eigenvalue weighted by Gasteiger charge is 2.16. The number of halogens is 1. The van der Waals surface area contributed by atoms with E-state index < -0.39 is 0 Å². The van der Waals surface area contributed by atoms with Crippen molar-refractivity contribution in [1.29, 1.82) is 0 Å². The van der Waals surface area contributed by atoms with Crippen LogP contribution in [0.5, 0.6) is 0 Å². The Morgan fingerprint density at radius 2 is 2.17 bits per heavy atom. The molecule has 0 atom stereocenters. The zero-order valence-electron chi connectivity index (χ0n) is 7.01. The molecule has 12 heavy (non-hydrogen) atoms. The van der Waals surface area contributed by atoms with Crippen LogP contribution in [-0.4, -0.2) is 17.3 Å². The lowest BCUT2D eigenvalue weighted by Gasteiger charge is -2.10. The molecule has 0 saturated heterocycles. The standard InChI is InChI=1S/C8H14BrNO2/c9-6-5-8(11)10-12-7-3-1-2-4-7/h7H,1-6H2,(H,10,11). The largest absolute Gasteiger partial charge is 0.273 e. The Balaban J connectivity index is 2.03. The lowest BCUT2D eigenvalue weighted by molar-refractivity contribution is -0.137. The normalized spacial score (nSPS) is 18.1. The predicted molar refractivity (Wildman–Crippen MR) is 49.9 cm³/mol. The topological polar surface area (TPSA) is 38.3 Å². The van der Waals surface area contributed by atoms with E-state index in [0.717, 1.165) is 12.8 Å². The van der Waals surface area contributed by atoms with E-state index in [-0.39, 0.29) is 12.0 Å². The van der Waals surface area contributed by atoms with Crippen LogP contribution in [0, 0.1) is 0 Å². The molecule has 1 fully saturated rings. The molecule has 0 bridgehead atoms. The van der Waals surface area contributed by atoms with E-state index in [1.54, 1.807) is 0 Å². The monoisotopic (exact) mass is 235 g/mol. The van der Waals surface area contributed by atoms with Crippen LogP contribution in [0.25, 0.3) is 0 Å². The Labute approximate surface area is 80.9 Å². The van der Waals surface area contributed by atoms with E-state index in [1.807, 2.05) is 0 Å². The molecule has 1 amide bonds. The van der Waals surface area contributed by atoms with E-state index in [4.69, 9.17) is 4.84 Å². The minimum Gasteiger partial charge on any atom is -0.273 e. The third kappa shape index (κ3) is 3.54. The molecule has 0 heterocycles. The Hall–Kier alpha value is -0.0900. The van der Waals surface area contributed by atoms with Crippen LogP contribution in [0.1, 0.15) is 32.1 Å². The summed E-state index contributed by atoms with van der Waals surface area (Å²) in [5.74, 6) is -0.0428. The number of nitrogens with one attached hydrogen (secondary N) is 1. The van der Waals surface area contributed by atoms with E-state index in [2.05, 4.69) is 21.4 Å². The maximum absolute atomic E-state index is 10.9. The molecular formula is C8H14BrNO2. The van der Waals surface area contributed by atoms with Crippen molar-refractivity contribution >= 4 is 21.8 Å². The second kappa shape index (κ2) is 5.54. The number of hydroxylamine groups is 1. The minimum absolute atomic E-state index is 0.0428. The van der Waals surface area contributed by atoms with Gasteiger partial charge in [-0.1, -0.05) is 28.8 Å². The number of carbonyl (C=O) groups is 1. The summed E-state index contributed by atoms with van der Waals surface area (Å²) < 4.78 is 0. The summed E-state index contributed by atoms with van der Waals surface area (Å²) in [6.45, 7) is 0. The van der Waals surface area contributed by atoms with Gasteiger partial charge in [-0.3, -0.25) is 9.63 Å². The smallest absolute Gasteiger partial charge is 0.244 e. The van der Waals surface area contributed by atoms with Gasteiger partial charge in [-0.25, -0.2) is 5.48 Å². The van der Waals surface area contributed by atoms with Gasteiger partial charge >= 0.3 is 0 Å². The Morgan fingerprint density at radius 3 is 2.75 bits per heavy atom. The lowest BCUT2D eigenvalue weighted by atomic mass is 10.3. The van der Waals surface area contributed by atoms with E-state index in [1.165, 1.54) is 12.8 Å². The highest BCUT2D eigenvalue weighted by molar-refractivity contribution is 9.09. The van der Waals surface area contributed by atoms with Crippen molar-refractivity contribution in [2.45, 2.75) is 38.2 Å². The molecule has 70 valence electrons. The molecule has 1 N–H and O–H groups in total. The maximum Gasteiger partial charge on any atom is 0.244 e. The van der Waals surface area contributed by atoms with Gasteiger partial charge in [-0.2, -0.15) is 0 Å². The second-order valence-corrected chi connectivity index (χ2v) is 3.78. The summed E-state index contributed by atoms with van der Waals surface area (Å²) >= 11 is 3.19. The number of amides is 1. The van der Waals surface area contributed by atoms with Crippen LogP contribution in [0.2, 0.25) is 0 Å². The quantitative estimate of drug-likeness (QED) is 0.596.